The Kier molecular flexibility index (Phi) is 4.11. The number of nitrogens with two attached hydrogens (primary N) is 1. The van der Waals surface area contributed by atoms with Crippen LogP contribution in [0.3, 0.4) is 0 Å². The van der Waals surface area contributed by atoms with E-state index in [1.165, 1.54) is 0 Å². The molecule has 1 fully saturated rings. The number of amides is 1. The Balaban J connectivity index is 2.67. The molecule has 1 amide bonds. The number of ether oxygens (including phenoxy) is 1. The van der Waals surface area contributed by atoms with Gasteiger partial charge in [0.1, 0.15) is 0 Å². The molecule has 2 unspecified atom stereocenters. The molecule has 0 radical (unpaired) electrons. The molecule has 0 spiro atoms. The van der Waals surface area contributed by atoms with Gasteiger partial charge in [-0.05, 0) is 12.3 Å². The number of rotatable bonds is 2. The van der Waals surface area contributed by atoms with Crippen LogP contribution in [-0.4, -0.2) is 45.1 Å². The van der Waals surface area contributed by atoms with E-state index in [-0.39, 0.29) is 18.5 Å². The zero-order valence-corrected chi connectivity index (χ0v) is 10.2. The van der Waals surface area contributed by atoms with E-state index in [1.807, 2.05) is 6.92 Å². The minimum atomic E-state index is -3.82. The molecule has 1 saturated heterocycles. The van der Waals surface area contributed by atoms with Crippen molar-refractivity contribution in [2.45, 2.75) is 19.4 Å². The average molecular weight is 251 g/mol. The second-order valence-electron chi connectivity index (χ2n) is 3.89. The van der Waals surface area contributed by atoms with Gasteiger partial charge >= 0.3 is 16.3 Å². The molecule has 8 heteroatoms. The van der Waals surface area contributed by atoms with E-state index in [4.69, 9.17) is 5.73 Å². The van der Waals surface area contributed by atoms with Crippen LogP contribution in [0.2, 0.25) is 0 Å². The first-order valence-corrected chi connectivity index (χ1v) is 6.42. The Bertz CT molecular complexity index is 356. The summed E-state index contributed by atoms with van der Waals surface area (Å²) in [5.74, 6) is 0.282. The van der Waals surface area contributed by atoms with Gasteiger partial charge in [0.15, 0.2) is 0 Å². The second kappa shape index (κ2) is 4.98. The van der Waals surface area contributed by atoms with E-state index in [2.05, 4.69) is 4.74 Å². The number of nitrogens with zero attached hydrogens (tertiary/aromatic N) is 1. The number of carbonyl (C=O) groups excluding carboxylic acids is 1. The molecule has 7 nitrogen and oxygen atoms in total. The van der Waals surface area contributed by atoms with E-state index >= 15 is 0 Å². The number of carbonyl (C=O) groups is 1. The number of methoxy groups -OCH3 is 1. The molecular weight excluding hydrogens is 234 g/mol. The molecule has 3 N–H and O–H groups in total. The number of piperidine rings is 1. The maximum atomic E-state index is 11.7. The highest BCUT2D eigenvalue weighted by molar-refractivity contribution is 7.87. The van der Waals surface area contributed by atoms with Crippen LogP contribution in [0.15, 0.2) is 0 Å². The lowest BCUT2D eigenvalue weighted by atomic mass is 9.96. The Labute approximate surface area is 95.1 Å². The van der Waals surface area contributed by atoms with Crippen molar-refractivity contribution in [2.24, 2.45) is 11.7 Å². The molecule has 0 aromatic heterocycles. The maximum absolute atomic E-state index is 11.7. The molecular formula is C8H17N3O4S. The number of hydrogen-bond acceptors (Lipinski definition) is 5. The molecule has 1 heterocycles. The van der Waals surface area contributed by atoms with Crippen molar-refractivity contribution in [1.29, 1.82) is 0 Å². The Morgan fingerprint density at radius 1 is 1.56 bits per heavy atom. The van der Waals surface area contributed by atoms with E-state index in [9.17, 15) is 13.2 Å². The normalized spacial score (nSPS) is 27.4. The van der Waals surface area contributed by atoms with Gasteiger partial charge in [0.2, 0.25) is 0 Å². The Hall–Kier alpha value is -0.860. The van der Waals surface area contributed by atoms with E-state index in [1.54, 1.807) is 4.72 Å². The molecule has 1 rings (SSSR count). The molecule has 16 heavy (non-hydrogen) atoms. The van der Waals surface area contributed by atoms with Crippen LogP contribution in [0.25, 0.3) is 0 Å². The number of nitrogens with one attached hydrogen (secondary N) is 1. The topological polar surface area (TPSA) is 102 Å². The van der Waals surface area contributed by atoms with Crippen LogP contribution in [0, 0.1) is 5.92 Å². The van der Waals surface area contributed by atoms with Gasteiger partial charge in [-0.25, -0.2) is 9.52 Å². The lowest BCUT2D eigenvalue weighted by Crippen LogP contribution is -2.53. The fraction of sp³-hybridized carbons (Fsp3) is 0.875. The van der Waals surface area contributed by atoms with E-state index < -0.39 is 16.3 Å². The monoisotopic (exact) mass is 251 g/mol. The van der Waals surface area contributed by atoms with Crippen LogP contribution >= 0.6 is 0 Å². The van der Waals surface area contributed by atoms with Gasteiger partial charge in [0, 0.05) is 19.1 Å². The summed E-state index contributed by atoms with van der Waals surface area (Å²) in [6.45, 7) is 2.55. The van der Waals surface area contributed by atoms with Gasteiger partial charge in [-0.3, -0.25) is 0 Å². The zero-order chi connectivity index (χ0) is 12.3. The Morgan fingerprint density at radius 3 is 2.69 bits per heavy atom. The third-order valence-electron chi connectivity index (χ3n) is 2.72. The van der Waals surface area contributed by atoms with Crippen molar-refractivity contribution in [3.05, 3.63) is 0 Å². The fourth-order valence-electron chi connectivity index (χ4n) is 1.50. The Morgan fingerprint density at radius 2 is 2.19 bits per heavy atom. The predicted molar refractivity (Wildman–Crippen MR) is 57.8 cm³/mol. The van der Waals surface area contributed by atoms with Crippen molar-refractivity contribution in [2.75, 3.05) is 20.2 Å². The predicted octanol–water partition coefficient (Wildman–Crippen LogP) is -0.744. The smallest absolute Gasteiger partial charge is 0.421 e. The SMILES string of the molecule is COC(=O)NS(=O)(=O)N1CCC(C)C(N)C1. The minimum absolute atomic E-state index is 0.206. The molecule has 1 aliphatic heterocycles. The molecule has 0 saturated carbocycles. The third kappa shape index (κ3) is 3.06. The van der Waals surface area contributed by atoms with E-state index in [0.29, 0.717) is 13.0 Å². The first-order valence-electron chi connectivity index (χ1n) is 4.98. The summed E-state index contributed by atoms with van der Waals surface area (Å²) in [6, 6.07) is -0.206. The fourth-order valence-corrected chi connectivity index (χ4v) is 2.64. The van der Waals surface area contributed by atoms with Crippen molar-refractivity contribution in [3.8, 4) is 0 Å². The van der Waals surface area contributed by atoms with Gasteiger partial charge in [0.05, 0.1) is 7.11 Å². The molecule has 0 bridgehead atoms. The second-order valence-corrected chi connectivity index (χ2v) is 5.56. The van der Waals surface area contributed by atoms with Crippen molar-refractivity contribution in [1.82, 2.24) is 9.03 Å². The third-order valence-corrected chi connectivity index (χ3v) is 4.15. The molecule has 94 valence electrons. The summed E-state index contributed by atoms with van der Waals surface area (Å²) in [7, 11) is -2.72. The van der Waals surface area contributed by atoms with Crippen LogP contribution < -0.4 is 10.5 Å². The standard InChI is InChI=1S/C8H17N3O4S/c1-6-3-4-11(5-7(6)9)16(13,14)10-8(12)15-2/h6-7H,3-5,9H2,1-2H3,(H,10,12). The first-order chi connectivity index (χ1) is 7.36. The highest BCUT2D eigenvalue weighted by Gasteiger charge is 2.32. The highest BCUT2D eigenvalue weighted by Crippen LogP contribution is 2.17. The maximum Gasteiger partial charge on any atom is 0.421 e. The molecule has 0 aromatic rings. The summed E-state index contributed by atoms with van der Waals surface area (Å²) in [4.78, 5) is 10.8. The van der Waals surface area contributed by atoms with Crippen LogP contribution in [0.4, 0.5) is 4.79 Å². The first kappa shape index (κ1) is 13.2. The largest absolute Gasteiger partial charge is 0.452 e. The highest BCUT2D eigenvalue weighted by atomic mass is 32.2. The summed E-state index contributed by atoms with van der Waals surface area (Å²) in [6.07, 6.45) is -0.310. The van der Waals surface area contributed by atoms with Crippen LogP contribution in [0.1, 0.15) is 13.3 Å². The molecule has 0 aliphatic carbocycles. The number of hydrogen-bond donors (Lipinski definition) is 2. The summed E-state index contributed by atoms with van der Waals surface area (Å²) < 4.78 is 30.5. The molecule has 1 aliphatic rings. The average Bonchev–Trinajstić information content (AvgIpc) is 2.21. The zero-order valence-electron chi connectivity index (χ0n) is 9.34. The van der Waals surface area contributed by atoms with Gasteiger partial charge < -0.3 is 10.5 Å². The van der Waals surface area contributed by atoms with Crippen LogP contribution in [-0.2, 0) is 14.9 Å². The molecule has 0 aromatic carbocycles. The van der Waals surface area contributed by atoms with Gasteiger partial charge in [-0.1, -0.05) is 6.92 Å². The van der Waals surface area contributed by atoms with Gasteiger partial charge in [0.25, 0.3) is 0 Å². The summed E-state index contributed by atoms with van der Waals surface area (Å²) in [5.41, 5.74) is 5.78. The van der Waals surface area contributed by atoms with Crippen molar-refractivity contribution < 1.29 is 17.9 Å². The van der Waals surface area contributed by atoms with Crippen molar-refractivity contribution >= 4 is 16.3 Å². The lowest BCUT2D eigenvalue weighted by Gasteiger charge is -2.33. The lowest BCUT2D eigenvalue weighted by molar-refractivity contribution is 0.176. The summed E-state index contributed by atoms with van der Waals surface area (Å²) in [5, 5.41) is 0. The van der Waals surface area contributed by atoms with Crippen LogP contribution in [0.5, 0.6) is 0 Å². The van der Waals surface area contributed by atoms with Gasteiger partial charge in [-0.15, -0.1) is 0 Å². The van der Waals surface area contributed by atoms with Gasteiger partial charge in [-0.2, -0.15) is 12.7 Å². The molecule has 2 atom stereocenters. The quantitative estimate of drug-likeness (QED) is 0.672. The van der Waals surface area contributed by atoms with Crippen molar-refractivity contribution in [3.63, 3.8) is 0 Å². The minimum Gasteiger partial charge on any atom is -0.452 e. The summed E-state index contributed by atoms with van der Waals surface area (Å²) >= 11 is 0. The van der Waals surface area contributed by atoms with E-state index in [0.717, 1.165) is 11.4 Å².